The Kier molecular flexibility index (Phi) is 4.56. The fourth-order valence-corrected chi connectivity index (χ4v) is 2.57. The van der Waals surface area contributed by atoms with Crippen LogP contribution < -0.4 is 10.6 Å². The summed E-state index contributed by atoms with van der Waals surface area (Å²) in [7, 11) is 0. The standard InChI is InChI=1S/C14H12F3N5O2.ClH/c15-14(16,17)7-3-4-10-9(6-7)19-12(23-10)20-13-22-21-11(24-13)8-2-1-5-18-8;/h3-4,6,8,18H,1-2,5H2,(H,19,20,22);1H/t8-;/m0./s1. The second kappa shape index (κ2) is 6.52. The summed E-state index contributed by atoms with van der Waals surface area (Å²) in [5.41, 5.74) is -0.477. The van der Waals surface area contributed by atoms with E-state index in [1.54, 1.807) is 0 Å². The lowest BCUT2D eigenvalue weighted by molar-refractivity contribution is -0.137. The first-order valence-corrected chi connectivity index (χ1v) is 7.31. The molecule has 25 heavy (non-hydrogen) atoms. The summed E-state index contributed by atoms with van der Waals surface area (Å²) < 4.78 is 48.9. The molecule has 0 radical (unpaired) electrons. The van der Waals surface area contributed by atoms with E-state index in [4.69, 9.17) is 8.83 Å². The molecule has 134 valence electrons. The highest BCUT2D eigenvalue weighted by atomic mass is 35.5. The van der Waals surface area contributed by atoms with Crippen LogP contribution in [0.2, 0.25) is 0 Å². The first kappa shape index (κ1) is 17.5. The molecule has 4 rings (SSSR count). The molecule has 1 saturated heterocycles. The minimum absolute atomic E-state index is 0. The molecule has 1 atom stereocenters. The highest BCUT2D eigenvalue weighted by Gasteiger charge is 2.31. The number of hydrogen-bond acceptors (Lipinski definition) is 7. The Morgan fingerprint density at radius 1 is 1.16 bits per heavy atom. The number of fused-ring (bicyclic) bond motifs is 1. The second-order valence-corrected chi connectivity index (χ2v) is 5.42. The Morgan fingerprint density at radius 2 is 2.00 bits per heavy atom. The van der Waals surface area contributed by atoms with E-state index in [9.17, 15) is 13.2 Å². The average molecular weight is 376 g/mol. The van der Waals surface area contributed by atoms with E-state index in [0.29, 0.717) is 5.89 Å². The monoisotopic (exact) mass is 375 g/mol. The normalized spacial score (nSPS) is 17.6. The number of rotatable bonds is 3. The van der Waals surface area contributed by atoms with Crippen LogP contribution in [0.5, 0.6) is 0 Å². The number of nitrogens with zero attached hydrogens (tertiary/aromatic N) is 3. The van der Waals surface area contributed by atoms with Crippen LogP contribution >= 0.6 is 12.4 Å². The molecule has 0 aliphatic carbocycles. The van der Waals surface area contributed by atoms with Gasteiger partial charge in [-0.1, -0.05) is 5.10 Å². The Hall–Kier alpha value is -2.33. The van der Waals surface area contributed by atoms with Crippen LogP contribution in [-0.4, -0.2) is 21.7 Å². The molecular formula is C14H13ClF3N5O2. The number of anilines is 2. The summed E-state index contributed by atoms with van der Waals surface area (Å²) in [5.74, 6) is 0.450. The summed E-state index contributed by atoms with van der Waals surface area (Å²) in [5, 5.41) is 13.7. The molecule has 7 nitrogen and oxygen atoms in total. The Morgan fingerprint density at radius 3 is 2.72 bits per heavy atom. The number of hydrogen-bond donors (Lipinski definition) is 2. The molecule has 0 saturated carbocycles. The summed E-state index contributed by atoms with van der Waals surface area (Å²) in [4.78, 5) is 3.97. The third-order valence-corrected chi connectivity index (χ3v) is 3.73. The smallest absolute Gasteiger partial charge is 0.416 e. The lowest BCUT2D eigenvalue weighted by Gasteiger charge is -2.04. The van der Waals surface area contributed by atoms with Crippen molar-refractivity contribution in [3.05, 3.63) is 29.7 Å². The van der Waals surface area contributed by atoms with Crippen molar-refractivity contribution in [2.75, 3.05) is 11.9 Å². The maximum Gasteiger partial charge on any atom is 0.416 e. The minimum atomic E-state index is -4.43. The van der Waals surface area contributed by atoms with E-state index in [1.165, 1.54) is 6.07 Å². The van der Waals surface area contributed by atoms with E-state index >= 15 is 0 Å². The third kappa shape index (κ3) is 3.54. The van der Waals surface area contributed by atoms with Crippen molar-refractivity contribution in [2.45, 2.75) is 25.1 Å². The fraction of sp³-hybridized carbons (Fsp3) is 0.357. The van der Waals surface area contributed by atoms with Crippen LogP contribution in [0, 0.1) is 0 Å². The highest BCUT2D eigenvalue weighted by Crippen LogP contribution is 2.32. The molecule has 2 aromatic heterocycles. The summed E-state index contributed by atoms with van der Waals surface area (Å²) in [6.45, 7) is 0.891. The summed E-state index contributed by atoms with van der Waals surface area (Å²) in [6.07, 6.45) is -2.50. The van der Waals surface area contributed by atoms with Gasteiger partial charge in [0.05, 0.1) is 11.6 Å². The van der Waals surface area contributed by atoms with Crippen LogP contribution in [0.15, 0.2) is 27.0 Å². The quantitative estimate of drug-likeness (QED) is 0.719. The van der Waals surface area contributed by atoms with Crippen molar-refractivity contribution in [1.29, 1.82) is 0 Å². The van der Waals surface area contributed by atoms with Gasteiger partial charge in [-0.25, -0.2) is 0 Å². The molecular weight excluding hydrogens is 363 g/mol. The minimum Gasteiger partial charge on any atom is -0.423 e. The summed E-state index contributed by atoms with van der Waals surface area (Å²) in [6, 6.07) is 3.16. The Bertz CT molecular complexity index is 873. The lowest BCUT2D eigenvalue weighted by atomic mass is 10.2. The van der Waals surface area contributed by atoms with E-state index in [0.717, 1.165) is 31.5 Å². The number of benzene rings is 1. The van der Waals surface area contributed by atoms with Crippen LogP contribution in [0.25, 0.3) is 11.1 Å². The zero-order chi connectivity index (χ0) is 16.7. The number of nitrogens with one attached hydrogen (secondary N) is 2. The van der Waals surface area contributed by atoms with Gasteiger partial charge in [-0.2, -0.15) is 18.2 Å². The third-order valence-electron chi connectivity index (χ3n) is 3.73. The molecule has 1 aromatic carbocycles. The first-order valence-electron chi connectivity index (χ1n) is 7.31. The number of oxazole rings is 1. The molecule has 0 amide bonds. The van der Waals surface area contributed by atoms with Crippen molar-refractivity contribution >= 4 is 35.5 Å². The first-order chi connectivity index (χ1) is 11.5. The molecule has 0 bridgehead atoms. The number of alkyl halides is 3. The van der Waals surface area contributed by atoms with Gasteiger partial charge in [0.2, 0.25) is 5.89 Å². The topological polar surface area (TPSA) is 89.0 Å². The Balaban J connectivity index is 0.00000182. The van der Waals surface area contributed by atoms with Gasteiger partial charge in [-0.15, -0.1) is 17.5 Å². The molecule has 3 aromatic rings. The molecule has 2 N–H and O–H groups in total. The molecule has 3 heterocycles. The largest absolute Gasteiger partial charge is 0.423 e. The highest BCUT2D eigenvalue weighted by molar-refractivity contribution is 5.85. The molecule has 1 aliphatic rings. The van der Waals surface area contributed by atoms with Gasteiger partial charge in [-0.05, 0) is 37.6 Å². The van der Waals surface area contributed by atoms with E-state index in [1.807, 2.05) is 0 Å². The van der Waals surface area contributed by atoms with Crippen molar-refractivity contribution in [2.24, 2.45) is 0 Å². The fourth-order valence-electron chi connectivity index (χ4n) is 2.57. The van der Waals surface area contributed by atoms with Gasteiger partial charge in [0.25, 0.3) is 0 Å². The molecule has 0 spiro atoms. The van der Waals surface area contributed by atoms with Gasteiger partial charge in [0, 0.05) is 0 Å². The molecule has 11 heteroatoms. The molecule has 1 fully saturated rings. The summed E-state index contributed by atoms with van der Waals surface area (Å²) >= 11 is 0. The van der Waals surface area contributed by atoms with Crippen molar-refractivity contribution in [3.63, 3.8) is 0 Å². The van der Waals surface area contributed by atoms with Crippen LogP contribution in [0.3, 0.4) is 0 Å². The predicted octanol–water partition coefficient (Wildman–Crippen LogP) is 3.82. The van der Waals surface area contributed by atoms with E-state index < -0.39 is 11.7 Å². The van der Waals surface area contributed by atoms with Crippen molar-refractivity contribution in [3.8, 4) is 0 Å². The maximum atomic E-state index is 12.7. The van der Waals surface area contributed by atoms with Gasteiger partial charge in [0.1, 0.15) is 5.52 Å². The van der Waals surface area contributed by atoms with Gasteiger partial charge >= 0.3 is 18.2 Å². The van der Waals surface area contributed by atoms with Gasteiger partial charge in [-0.3, -0.25) is 5.32 Å². The van der Waals surface area contributed by atoms with E-state index in [2.05, 4.69) is 25.8 Å². The van der Waals surface area contributed by atoms with E-state index in [-0.39, 0.29) is 41.6 Å². The SMILES string of the molecule is Cl.FC(F)(F)c1ccc2oc(Nc3nnc([C@@H]4CCCN4)o3)nc2c1. The van der Waals surface area contributed by atoms with Crippen LogP contribution in [0.4, 0.5) is 25.2 Å². The van der Waals surface area contributed by atoms with Crippen molar-refractivity contribution < 1.29 is 22.0 Å². The predicted molar refractivity (Wildman–Crippen MR) is 83.8 cm³/mol. The maximum absolute atomic E-state index is 12.7. The lowest BCUT2D eigenvalue weighted by Crippen LogP contribution is -2.12. The van der Waals surface area contributed by atoms with Crippen LogP contribution in [-0.2, 0) is 6.18 Å². The van der Waals surface area contributed by atoms with Gasteiger partial charge < -0.3 is 14.2 Å². The second-order valence-electron chi connectivity index (χ2n) is 5.42. The number of halogens is 4. The average Bonchev–Trinajstić information content (AvgIpc) is 3.25. The van der Waals surface area contributed by atoms with Crippen LogP contribution in [0.1, 0.15) is 30.3 Å². The zero-order valence-corrected chi connectivity index (χ0v) is 13.4. The zero-order valence-electron chi connectivity index (χ0n) is 12.6. The Labute approximate surface area is 145 Å². The molecule has 0 unspecified atom stereocenters. The number of aromatic nitrogens is 3. The van der Waals surface area contributed by atoms with Gasteiger partial charge in [0.15, 0.2) is 5.58 Å². The molecule has 1 aliphatic heterocycles. The van der Waals surface area contributed by atoms with Crippen molar-refractivity contribution in [1.82, 2.24) is 20.5 Å².